The van der Waals surface area contributed by atoms with E-state index in [1.165, 1.54) is 0 Å². The molecule has 2 rings (SSSR count). The van der Waals surface area contributed by atoms with Gasteiger partial charge in [-0.25, -0.2) is 0 Å². The van der Waals surface area contributed by atoms with Gasteiger partial charge in [0.05, 0.1) is 12.7 Å². The maximum Gasteiger partial charge on any atom is 0.250 e. The van der Waals surface area contributed by atoms with E-state index in [2.05, 4.69) is 39.9 Å². The molecule has 16 heavy (non-hydrogen) atoms. The van der Waals surface area contributed by atoms with E-state index < -0.39 is 8.32 Å². The Balaban J connectivity index is 2.07. The van der Waals surface area contributed by atoms with E-state index in [0.29, 0.717) is 6.61 Å². The first kappa shape index (κ1) is 12.1. The van der Waals surface area contributed by atoms with Gasteiger partial charge in [-0.15, -0.1) is 0 Å². The highest BCUT2D eigenvalue weighted by molar-refractivity contribution is 6.74. The normalized spacial score (nSPS) is 30.2. The third-order valence-electron chi connectivity index (χ3n) is 3.74. The van der Waals surface area contributed by atoms with Crippen molar-refractivity contribution in [3.05, 3.63) is 11.8 Å². The first-order valence-electron chi connectivity index (χ1n) is 5.96. The molecule has 2 atom stereocenters. The van der Waals surface area contributed by atoms with E-state index in [9.17, 15) is 0 Å². The fourth-order valence-electron chi connectivity index (χ4n) is 1.60. The third-order valence-corrected chi connectivity index (χ3v) is 8.10. The summed E-state index contributed by atoms with van der Waals surface area (Å²) in [6.45, 7) is 11.9. The molecule has 2 bridgehead atoms. The second kappa shape index (κ2) is 3.86. The summed E-state index contributed by atoms with van der Waals surface area (Å²) in [6.07, 6.45) is 3.07. The van der Waals surface area contributed by atoms with Gasteiger partial charge >= 0.3 is 0 Å². The molecule has 2 aliphatic rings. The van der Waals surface area contributed by atoms with Crippen LogP contribution in [0.15, 0.2) is 11.8 Å². The van der Waals surface area contributed by atoms with E-state index in [1.807, 2.05) is 0 Å². The van der Waals surface area contributed by atoms with Crippen molar-refractivity contribution in [1.29, 1.82) is 0 Å². The summed E-state index contributed by atoms with van der Waals surface area (Å²) in [6, 6.07) is 0. The maximum absolute atomic E-state index is 6.22. The van der Waals surface area contributed by atoms with Crippen LogP contribution in [0.5, 0.6) is 0 Å². The first-order valence-corrected chi connectivity index (χ1v) is 8.86. The molecule has 2 aliphatic heterocycles. The van der Waals surface area contributed by atoms with E-state index in [0.717, 1.165) is 12.2 Å². The van der Waals surface area contributed by atoms with Gasteiger partial charge in [0.1, 0.15) is 5.76 Å². The van der Waals surface area contributed by atoms with Crippen LogP contribution in [0.25, 0.3) is 0 Å². The lowest BCUT2D eigenvalue weighted by Crippen LogP contribution is -2.42. The molecule has 0 aromatic rings. The van der Waals surface area contributed by atoms with Gasteiger partial charge in [-0.05, 0) is 30.6 Å². The monoisotopic (exact) mass is 242 g/mol. The Bertz CT molecular complexity index is 304. The van der Waals surface area contributed by atoms with Gasteiger partial charge in [0.2, 0.25) is 14.6 Å². The van der Waals surface area contributed by atoms with Crippen molar-refractivity contribution in [3.63, 3.8) is 0 Å². The molecule has 1 fully saturated rings. The lowest BCUT2D eigenvalue weighted by Gasteiger charge is -2.38. The fourth-order valence-corrected chi connectivity index (χ4v) is 2.68. The minimum atomic E-state index is -1.76. The van der Waals surface area contributed by atoms with Crippen molar-refractivity contribution in [2.45, 2.75) is 57.7 Å². The molecule has 4 heteroatoms. The van der Waals surface area contributed by atoms with Crippen LogP contribution >= 0.6 is 0 Å². The summed E-state index contributed by atoms with van der Waals surface area (Å²) in [5.74, 6) is 0.903. The van der Waals surface area contributed by atoms with Crippen molar-refractivity contribution < 1.29 is 13.9 Å². The molecule has 2 heterocycles. The smallest absolute Gasteiger partial charge is 0.250 e. The van der Waals surface area contributed by atoms with E-state index in [1.54, 1.807) is 0 Å². The summed E-state index contributed by atoms with van der Waals surface area (Å²) in [4.78, 5) is 0. The Labute approximate surface area is 98.9 Å². The minimum absolute atomic E-state index is 0.212. The van der Waals surface area contributed by atoms with Crippen LogP contribution in [0.3, 0.4) is 0 Å². The quantitative estimate of drug-likeness (QED) is 0.697. The number of hydrogen-bond acceptors (Lipinski definition) is 3. The Hall–Kier alpha value is -0.323. The fraction of sp³-hybridized carbons (Fsp3) is 0.833. The van der Waals surface area contributed by atoms with E-state index in [4.69, 9.17) is 13.9 Å². The zero-order valence-corrected chi connectivity index (χ0v) is 11.9. The lowest BCUT2D eigenvalue weighted by molar-refractivity contribution is -0.0588. The van der Waals surface area contributed by atoms with Crippen molar-refractivity contribution >= 4 is 8.32 Å². The van der Waals surface area contributed by atoms with Crippen LogP contribution in [0, 0.1) is 0 Å². The molecular formula is C12H22O3Si. The highest BCUT2D eigenvalue weighted by atomic mass is 28.4. The maximum atomic E-state index is 6.22. The zero-order valence-electron chi connectivity index (χ0n) is 10.9. The average molecular weight is 242 g/mol. The molecule has 0 unspecified atom stereocenters. The lowest BCUT2D eigenvalue weighted by atomic mass is 10.2. The van der Waals surface area contributed by atoms with E-state index in [-0.39, 0.29) is 17.4 Å². The van der Waals surface area contributed by atoms with Gasteiger partial charge in [0, 0.05) is 0 Å². The highest BCUT2D eigenvalue weighted by Gasteiger charge is 2.43. The van der Waals surface area contributed by atoms with Gasteiger partial charge in [-0.3, -0.25) is 0 Å². The minimum Gasteiger partial charge on any atom is -0.543 e. The molecule has 0 amide bonds. The standard InChI is InChI=1S/C12H22O3Si/c1-12(2,3)16(4,5)15-10-7-6-9-8-13-11(10)14-9/h7,9,11H,6,8H2,1-5H3/t9-,11-/m0/s1. The second-order valence-corrected chi connectivity index (χ2v) is 10.9. The molecule has 0 aromatic carbocycles. The van der Waals surface area contributed by atoms with Gasteiger partial charge in [0.25, 0.3) is 0 Å². The largest absolute Gasteiger partial charge is 0.543 e. The second-order valence-electron chi connectivity index (χ2n) is 6.13. The van der Waals surface area contributed by atoms with Crippen LogP contribution in [-0.2, 0) is 13.9 Å². The summed E-state index contributed by atoms with van der Waals surface area (Å²) in [5.41, 5.74) is 0. The number of ether oxygens (including phenoxy) is 2. The van der Waals surface area contributed by atoms with Gasteiger partial charge in [0.15, 0.2) is 0 Å². The summed E-state index contributed by atoms with van der Waals surface area (Å²) < 4.78 is 17.5. The predicted molar refractivity (Wildman–Crippen MR) is 65.6 cm³/mol. The van der Waals surface area contributed by atoms with Crippen molar-refractivity contribution in [2.24, 2.45) is 0 Å². The Morgan fingerprint density at radius 3 is 2.69 bits per heavy atom. The molecule has 0 N–H and O–H groups in total. The first-order chi connectivity index (χ1) is 7.29. The molecular weight excluding hydrogens is 220 g/mol. The van der Waals surface area contributed by atoms with Crippen molar-refractivity contribution in [3.8, 4) is 0 Å². The Morgan fingerprint density at radius 2 is 2.06 bits per heavy atom. The molecule has 92 valence electrons. The summed E-state index contributed by atoms with van der Waals surface area (Å²) >= 11 is 0. The van der Waals surface area contributed by atoms with Crippen LogP contribution < -0.4 is 0 Å². The van der Waals surface area contributed by atoms with Crippen LogP contribution in [0.1, 0.15) is 27.2 Å². The van der Waals surface area contributed by atoms with Crippen LogP contribution in [0.2, 0.25) is 18.1 Å². The molecule has 0 spiro atoms. The van der Waals surface area contributed by atoms with Gasteiger partial charge in [-0.1, -0.05) is 20.8 Å². The zero-order chi connectivity index (χ0) is 12.0. The van der Waals surface area contributed by atoms with Crippen molar-refractivity contribution in [1.82, 2.24) is 0 Å². The van der Waals surface area contributed by atoms with Crippen molar-refractivity contribution in [2.75, 3.05) is 6.61 Å². The summed E-state index contributed by atoms with van der Waals surface area (Å²) in [5, 5.41) is 0.212. The average Bonchev–Trinajstić information content (AvgIpc) is 2.52. The van der Waals surface area contributed by atoms with Gasteiger partial charge < -0.3 is 13.9 Å². The molecule has 0 aliphatic carbocycles. The van der Waals surface area contributed by atoms with Crippen LogP contribution in [0.4, 0.5) is 0 Å². The molecule has 1 saturated heterocycles. The number of hydrogen-bond donors (Lipinski definition) is 0. The van der Waals surface area contributed by atoms with Crippen LogP contribution in [-0.4, -0.2) is 27.3 Å². The van der Waals surface area contributed by atoms with Gasteiger partial charge in [-0.2, -0.15) is 0 Å². The topological polar surface area (TPSA) is 27.7 Å². The number of rotatable bonds is 2. The number of fused-ring (bicyclic) bond motifs is 2. The molecule has 0 saturated carbocycles. The van der Waals surface area contributed by atoms with E-state index >= 15 is 0 Å². The predicted octanol–water partition coefficient (Wildman–Crippen LogP) is 3.04. The summed E-state index contributed by atoms with van der Waals surface area (Å²) in [7, 11) is -1.76. The molecule has 3 nitrogen and oxygen atoms in total. The highest BCUT2D eigenvalue weighted by Crippen LogP contribution is 2.40. The Morgan fingerprint density at radius 1 is 1.38 bits per heavy atom. The Kier molecular flexibility index (Phi) is 2.93. The third kappa shape index (κ3) is 2.19. The molecule has 0 radical (unpaired) electrons. The SMILES string of the molecule is CC(C)(C)[Si](C)(C)OC1=CC[C@H]2CO[C@H]1O2. The molecule has 0 aromatic heterocycles.